The molecule has 0 aliphatic carbocycles. The zero-order valence-electron chi connectivity index (χ0n) is 10.2. The fraction of sp³-hybridized carbons (Fsp3) is 0. The number of rotatable bonds is 4. The Kier molecular flexibility index (Phi) is 4.50. The summed E-state index contributed by atoms with van der Waals surface area (Å²) in [6.45, 7) is 0. The minimum Gasteiger partial charge on any atom is -0.478 e. The van der Waals surface area contributed by atoms with Crippen LogP contribution in [0, 0.1) is 0 Å². The number of sulfonamides is 1. The number of carboxylic acid groups (broad SMARTS) is 1. The summed E-state index contributed by atoms with van der Waals surface area (Å²) in [6, 6.07) is 6.83. The van der Waals surface area contributed by atoms with Gasteiger partial charge in [-0.05, 0) is 30.3 Å². The summed E-state index contributed by atoms with van der Waals surface area (Å²) in [5.41, 5.74) is -0.251. The first kappa shape index (κ1) is 15.7. The molecular formula is C12H8BrClN2O4S. The van der Waals surface area contributed by atoms with Crippen LogP contribution in [0.3, 0.4) is 0 Å². The van der Waals surface area contributed by atoms with Crippen LogP contribution in [-0.2, 0) is 10.0 Å². The molecule has 21 heavy (non-hydrogen) atoms. The molecule has 1 aromatic carbocycles. The van der Waals surface area contributed by atoms with E-state index in [4.69, 9.17) is 16.7 Å². The number of aromatic carboxylic acids is 1. The third kappa shape index (κ3) is 3.52. The van der Waals surface area contributed by atoms with Crippen molar-refractivity contribution in [1.29, 1.82) is 0 Å². The van der Waals surface area contributed by atoms with Crippen LogP contribution in [0.1, 0.15) is 10.4 Å². The van der Waals surface area contributed by atoms with Crippen molar-refractivity contribution < 1.29 is 18.3 Å². The molecule has 1 heterocycles. The lowest BCUT2D eigenvalue weighted by Gasteiger charge is -2.11. The highest BCUT2D eigenvalue weighted by molar-refractivity contribution is 9.10. The van der Waals surface area contributed by atoms with Crippen molar-refractivity contribution >= 4 is 49.2 Å². The summed E-state index contributed by atoms with van der Waals surface area (Å²) in [4.78, 5) is 14.6. The van der Waals surface area contributed by atoms with Crippen LogP contribution in [0.15, 0.2) is 45.9 Å². The highest BCUT2D eigenvalue weighted by atomic mass is 79.9. The number of nitrogens with zero attached hydrogens (tertiary/aromatic N) is 1. The van der Waals surface area contributed by atoms with Crippen LogP contribution in [0.4, 0.5) is 5.69 Å². The van der Waals surface area contributed by atoms with E-state index in [1.54, 1.807) is 0 Å². The third-order valence-electron chi connectivity index (χ3n) is 2.47. The van der Waals surface area contributed by atoms with Gasteiger partial charge in [-0.1, -0.05) is 27.5 Å². The second kappa shape index (κ2) is 6.00. The van der Waals surface area contributed by atoms with Crippen LogP contribution in [-0.4, -0.2) is 24.5 Å². The molecule has 0 radical (unpaired) electrons. The van der Waals surface area contributed by atoms with Gasteiger partial charge < -0.3 is 5.11 Å². The number of anilines is 1. The Labute approximate surface area is 134 Å². The summed E-state index contributed by atoms with van der Waals surface area (Å²) in [6.07, 6.45) is 1.35. The predicted molar refractivity (Wildman–Crippen MR) is 81.2 cm³/mol. The van der Waals surface area contributed by atoms with Crippen LogP contribution in [0.2, 0.25) is 5.15 Å². The van der Waals surface area contributed by atoms with Gasteiger partial charge in [0.05, 0.1) is 11.3 Å². The molecule has 9 heteroatoms. The lowest BCUT2D eigenvalue weighted by Crippen LogP contribution is -2.16. The van der Waals surface area contributed by atoms with Gasteiger partial charge in [0.2, 0.25) is 0 Å². The molecule has 1 aromatic heterocycles. The van der Waals surface area contributed by atoms with Gasteiger partial charge in [0.25, 0.3) is 10.0 Å². The number of halogens is 2. The minimum atomic E-state index is -4.05. The van der Waals surface area contributed by atoms with E-state index < -0.39 is 16.0 Å². The van der Waals surface area contributed by atoms with Crippen molar-refractivity contribution in [2.45, 2.75) is 4.90 Å². The average Bonchev–Trinajstić information content (AvgIpc) is 2.38. The highest BCUT2D eigenvalue weighted by Gasteiger charge is 2.21. The molecule has 0 amide bonds. The molecular weight excluding hydrogens is 384 g/mol. The van der Waals surface area contributed by atoms with Crippen molar-refractivity contribution in [3.8, 4) is 0 Å². The van der Waals surface area contributed by atoms with E-state index in [0.717, 1.165) is 0 Å². The van der Waals surface area contributed by atoms with Gasteiger partial charge in [-0.2, -0.15) is 0 Å². The SMILES string of the molecule is O=C(O)c1ccc(Br)cc1NS(=O)(=O)c1cccnc1Cl. The fourth-order valence-corrected chi connectivity index (χ4v) is 3.44. The summed E-state index contributed by atoms with van der Waals surface area (Å²) >= 11 is 8.91. The third-order valence-corrected chi connectivity index (χ3v) is 4.77. The quantitative estimate of drug-likeness (QED) is 0.781. The molecule has 0 unspecified atom stereocenters. The van der Waals surface area contributed by atoms with Crippen LogP contribution in [0.5, 0.6) is 0 Å². The summed E-state index contributed by atoms with van der Waals surface area (Å²) in [7, 11) is -4.05. The molecule has 0 saturated heterocycles. The van der Waals surface area contributed by atoms with Crippen LogP contribution >= 0.6 is 27.5 Å². The van der Waals surface area contributed by atoms with E-state index in [9.17, 15) is 13.2 Å². The van der Waals surface area contributed by atoms with Gasteiger partial charge in [-0.3, -0.25) is 4.72 Å². The highest BCUT2D eigenvalue weighted by Crippen LogP contribution is 2.26. The van der Waals surface area contributed by atoms with E-state index in [-0.39, 0.29) is 21.3 Å². The normalized spacial score (nSPS) is 11.1. The van der Waals surface area contributed by atoms with Gasteiger partial charge in [-0.25, -0.2) is 18.2 Å². The second-order valence-electron chi connectivity index (χ2n) is 3.89. The zero-order chi connectivity index (χ0) is 15.6. The Hall–Kier alpha value is -1.64. The molecule has 0 saturated carbocycles. The fourth-order valence-electron chi connectivity index (χ4n) is 1.56. The number of aromatic nitrogens is 1. The first-order valence-electron chi connectivity index (χ1n) is 5.47. The van der Waals surface area contributed by atoms with Gasteiger partial charge in [-0.15, -0.1) is 0 Å². The maximum atomic E-state index is 12.3. The van der Waals surface area contributed by atoms with Crippen molar-refractivity contribution in [3.05, 3.63) is 51.7 Å². The zero-order valence-corrected chi connectivity index (χ0v) is 13.4. The molecule has 2 N–H and O–H groups in total. The maximum Gasteiger partial charge on any atom is 0.337 e. The number of hydrogen-bond donors (Lipinski definition) is 2. The molecule has 6 nitrogen and oxygen atoms in total. The maximum absolute atomic E-state index is 12.3. The second-order valence-corrected chi connectivity index (χ2v) is 6.82. The molecule has 110 valence electrons. The van der Waals surface area contributed by atoms with Crippen molar-refractivity contribution in [3.63, 3.8) is 0 Å². The summed E-state index contributed by atoms with van der Waals surface area (Å²) in [5, 5.41) is 8.89. The molecule has 0 aliphatic rings. The molecule has 2 rings (SSSR count). The minimum absolute atomic E-state index is 0.0724. The van der Waals surface area contributed by atoms with E-state index >= 15 is 0 Å². The largest absolute Gasteiger partial charge is 0.478 e. The van der Waals surface area contributed by atoms with E-state index in [1.165, 1.54) is 36.5 Å². The Bertz CT molecular complexity index is 811. The number of pyridine rings is 1. The molecule has 0 aliphatic heterocycles. The number of carboxylic acids is 1. The summed E-state index contributed by atoms with van der Waals surface area (Å²) < 4.78 is 27.3. The standard InChI is InChI=1S/C12H8BrClN2O4S/c13-7-3-4-8(12(17)18)9(6-7)16-21(19,20)10-2-1-5-15-11(10)14/h1-6,16H,(H,17,18). The van der Waals surface area contributed by atoms with E-state index in [0.29, 0.717) is 4.47 Å². The topological polar surface area (TPSA) is 96.4 Å². The molecule has 0 spiro atoms. The molecule has 2 aromatic rings. The van der Waals surface area contributed by atoms with Crippen molar-refractivity contribution in [1.82, 2.24) is 4.98 Å². The smallest absolute Gasteiger partial charge is 0.337 e. The van der Waals surface area contributed by atoms with E-state index in [2.05, 4.69) is 25.6 Å². The number of hydrogen-bond acceptors (Lipinski definition) is 4. The number of benzene rings is 1. The van der Waals surface area contributed by atoms with Gasteiger partial charge in [0.1, 0.15) is 10.0 Å². The molecule has 0 atom stereocenters. The monoisotopic (exact) mass is 390 g/mol. The van der Waals surface area contributed by atoms with Gasteiger partial charge in [0.15, 0.2) is 0 Å². The number of nitrogens with one attached hydrogen (secondary N) is 1. The lowest BCUT2D eigenvalue weighted by molar-refractivity contribution is 0.0698. The molecule has 0 fully saturated rings. The number of carbonyl (C=O) groups is 1. The van der Waals surface area contributed by atoms with Crippen LogP contribution < -0.4 is 4.72 Å². The molecule has 0 bridgehead atoms. The Balaban J connectivity index is 2.49. The van der Waals surface area contributed by atoms with Gasteiger partial charge >= 0.3 is 5.97 Å². The Morgan fingerprint density at radius 3 is 2.67 bits per heavy atom. The first-order chi connectivity index (χ1) is 9.81. The first-order valence-corrected chi connectivity index (χ1v) is 8.13. The van der Waals surface area contributed by atoms with Crippen molar-refractivity contribution in [2.75, 3.05) is 4.72 Å². The van der Waals surface area contributed by atoms with Crippen LogP contribution in [0.25, 0.3) is 0 Å². The Morgan fingerprint density at radius 1 is 1.33 bits per heavy atom. The summed E-state index contributed by atoms with van der Waals surface area (Å²) in [5.74, 6) is -1.25. The lowest BCUT2D eigenvalue weighted by atomic mass is 10.2. The van der Waals surface area contributed by atoms with Gasteiger partial charge in [0, 0.05) is 10.7 Å². The Morgan fingerprint density at radius 2 is 2.05 bits per heavy atom. The van der Waals surface area contributed by atoms with Crippen molar-refractivity contribution in [2.24, 2.45) is 0 Å². The predicted octanol–water partition coefficient (Wildman–Crippen LogP) is 3.00. The average molecular weight is 392 g/mol. The van der Waals surface area contributed by atoms with E-state index in [1.807, 2.05) is 0 Å².